The van der Waals surface area contributed by atoms with Crippen LogP contribution in [0, 0.1) is 0 Å². The Morgan fingerprint density at radius 2 is 1.21 bits per heavy atom. The van der Waals surface area contributed by atoms with Gasteiger partial charge in [-0.2, -0.15) is 0 Å². The Kier molecular flexibility index (Phi) is 3.62. The van der Waals surface area contributed by atoms with Gasteiger partial charge in [-0.25, -0.2) is 0 Å². The fraction of sp³-hybridized carbons (Fsp3) is 0.143. The van der Waals surface area contributed by atoms with Crippen LogP contribution in [0.5, 0.6) is 23.0 Å². The highest BCUT2D eigenvalue weighted by molar-refractivity contribution is 5.65. The highest BCUT2D eigenvalue weighted by atomic mass is 16.5. The van der Waals surface area contributed by atoms with Crippen LogP contribution in [0.3, 0.4) is 0 Å². The van der Waals surface area contributed by atoms with Crippen LogP contribution in [-0.4, -0.2) is 14.2 Å². The quantitative estimate of drug-likeness (QED) is 0.532. The number of methoxy groups -OCH3 is 2. The number of benzene rings is 3. The third kappa shape index (κ3) is 2.21. The van der Waals surface area contributed by atoms with Gasteiger partial charge < -0.3 is 14.2 Å². The van der Waals surface area contributed by atoms with Crippen molar-refractivity contribution < 1.29 is 14.2 Å². The highest BCUT2D eigenvalue weighted by Gasteiger charge is 2.33. The summed E-state index contributed by atoms with van der Waals surface area (Å²) < 4.78 is 17.4. The molecule has 1 heterocycles. The molecule has 0 radical (unpaired) electrons. The number of rotatable bonds is 3. The molecule has 0 aromatic heterocycles. The van der Waals surface area contributed by atoms with Crippen molar-refractivity contribution in [3.8, 4) is 23.0 Å². The maximum absolute atomic E-state index is 6.15. The molecular formula is C21H18O3. The lowest BCUT2D eigenvalue weighted by Crippen LogP contribution is -2.14. The van der Waals surface area contributed by atoms with Crippen molar-refractivity contribution in [1.29, 1.82) is 0 Å². The van der Waals surface area contributed by atoms with Gasteiger partial charge in [0, 0.05) is 17.0 Å². The van der Waals surface area contributed by atoms with Crippen LogP contribution in [0.15, 0.2) is 66.7 Å². The molecule has 0 fully saturated rings. The standard InChI is InChI=1S/C21H18O3/c1-22-15-10-6-12-17-20(15)19(14-8-4-3-5-9-14)21-16(23-2)11-7-13-18(21)24-17/h3-13,19H,1-2H3. The minimum absolute atomic E-state index is 0.00255. The van der Waals surface area contributed by atoms with Gasteiger partial charge >= 0.3 is 0 Å². The van der Waals surface area contributed by atoms with E-state index in [0.29, 0.717) is 0 Å². The van der Waals surface area contributed by atoms with E-state index in [2.05, 4.69) is 24.3 Å². The third-order valence-corrected chi connectivity index (χ3v) is 4.42. The Morgan fingerprint density at radius 3 is 1.71 bits per heavy atom. The Labute approximate surface area is 141 Å². The number of hydrogen-bond acceptors (Lipinski definition) is 3. The van der Waals surface area contributed by atoms with Crippen molar-refractivity contribution in [3.63, 3.8) is 0 Å². The van der Waals surface area contributed by atoms with Crippen molar-refractivity contribution in [1.82, 2.24) is 0 Å². The van der Waals surface area contributed by atoms with Crippen LogP contribution in [0.2, 0.25) is 0 Å². The van der Waals surface area contributed by atoms with Gasteiger partial charge in [0.2, 0.25) is 0 Å². The predicted octanol–water partition coefficient (Wildman–Crippen LogP) is 4.99. The smallest absolute Gasteiger partial charge is 0.135 e. The fourth-order valence-corrected chi connectivity index (χ4v) is 3.39. The number of ether oxygens (including phenoxy) is 3. The zero-order valence-electron chi connectivity index (χ0n) is 13.7. The zero-order chi connectivity index (χ0) is 16.5. The van der Waals surface area contributed by atoms with Crippen LogP contribution in [-0.2, 0) is 0 Å². The lowest BCUT2D eigenvalue weighted by atomic mass is 9.81. The van der Waals surface area contributed by atoms with Crippen molar-refractivity contribution in [2.75, 3.05) is 14.2 Å². The second-order valence-electron chi connectivity index (χ2n) is 5.69. The molecule has 4 rings (SSSR count). The molecule has 3 aromatic rings. The molecule has 0 N–H and O–H groups in total. The van der Waals surface area contributed by atoms with E-state index in [9.17, 15) is 0 Å². The molecule has 0 amide bonds. The maximum atomic E-state index is 6.15. The molecule has 0 bridgehead atoms. The van der Waals surface area contributed by atoms with Gasteiger partial charge in [-0.1, -0.05) is 42.5 Å². The zero-order valence-corrected chi connectivity index (χ0v) is 13.7. The average Bonchev–Trinajstić information content (AvgIpc) is 2.65. The summed E-state index contributed by atoms with van der Waals surface area (Å²) >= 11 is 0. The van der Waals surface area contributed by atoms with Crippen LogP contribution < -0.4 is 14.2 Å². The molecular weight excluding hydrogens is 300 g/mol. The molecule has 120 valence electrons. The summed E-state index contributed by atoms with van der Waals surface area (Å²) in [5, 5.41) is 0. The molecule has 0 spiro atoms. The first kappa shape index (κ1) is 14.6. The van der Waals surface area contributed by atoms with Gasteiger partial charge in [0.1, 0.15) is 23.0 Å². The lowest BCUT2D eigenvalue weighted by Gasteiger charge is -2.31. The highest BCUT2D eigenvalue weighted by Crippen LogP contribution is 2.53. The summed E-state index contributed by atoms with van der Waals surface area (Å²) in [5.41, 5.74) is 3.24. The lowest BCUT2D eigenvalue weighted by molar-refractivity contribution is 0.379. The van der Waals surface area contributed by atoms with Gasteiger partial charge in [-0.3, -0.25) is 0 Å². The molecule has 3 nitrogen and oxygen atoms in total. The molecule has 3 heteroatoms. The minimum Gasteiger partial charge on any atom is -0.496 e. The Hall–Kier alpha value is -2.94. The van der Waals surface area contributed by atoms with E-state index >= 15 is 0 Å². The van der Waals surface area contributed by atoms with Crippen LogP contribution in [0.1, 0.15) is 22.6 Å². The molecule has 0 aliphatic carbocycles. The Balaban J connectivity index is 2.04. The van der Waals surface area contributed by atoms with E-state index in [1.54, 1.807) is 14.2 Å². The molecule has 0 saturated carbocycles. The van der Waals surface area contributed by atoms with Crippen molar-refractivity contribution in [2.45, 2.75) is 5.92 Å². The molecule has 3 aromatic carbocycles. The van der Waals surface area contributed by atoms with Crippen LogP contribution in [0.4, 0.5) is 0 Å². The summed E-state index contributed by atoms with van der Waals surface area (Å²) in [6.45, 7) is 0. The summed E-state index contributed by atoms with van der Waals surface area (Å²) in [6.07, 6.45) is 0. The van der Waals surface area contributed by atoms with Crippen molar-refractivity contribution >= 4 is 0 Å². The van der Waals surface area contributed by atoms with Gasteiger partial charge in [-0.15, -0.1) is 0 Å². The van der Waals surface area contributed by atoms with E-state index in [-0.39, 0.29) is 5.92 Å². The third-order valence-electron chi connectivity index (χ3n) is 4.42. The van der Waals surface area contributed by atoms with E-state index in [1.165, 1.54) is 5.56 Å². The van der Waals surface area contributed by atoms with Gasteiger partial charge in [-0.05, 0) is 29.8 Å². The summed E-state index contributed by atoms with van der Waals surface area (Å²) in [4.78, 5) is 0. The van der Waals surface area contributed by atoms with Crippen LogP contribution in [0.25, 0.3) is 0 Å². The fourth-order valence-electron chi connectivity index (χ4n) is 3.39. The van der Waals surface area contributed by atoms with Crippen molar-refractivity contribution in [2.24, 2.45) is 0 Å². The molecule has 0 saturated heterocycles. The summed E-state index contributed by atoms with van der Waals surface area (Å²) in [7, 11) is 3.38. The van der Waals surface area contributed by atoms with Gasteiger partial charge in [0.05, 0.1) is 14.2 Å². The normalized spacial score (nSPS) is 12.8. The number of fused-ring (bicyclic) bond motifs is 2. The summed E-state index contributed by atoms with van der Waals surface area (Å²) in [5.74, 6) is 3.28. The SMILES string of the molecule is COc1cccc2c1C(c1ccccc1)c1c(OC)cccc1O2. The van der Waals surface area contributed by atoms with E-state index < -0.39 is 0 Å². The molecule has 0 atom stereocenters. The molecule has 24 heavy (non-hydrogen) atoms. The van der Waals surface area contributed by atoms with Gasteiger partial charge in [0.15, 0.2) is 0 Å². The summed E-state index contributed by atoms with van der Waals surface area (Å²) in [6, 6.07) is 22.2. The molecule has 1 aliphatic heterocycles. The van der Waals surface area contributed by atoms with E-state index in [4.69, 9.17) is 14.2 Å². The number of hydrogen-bond donors (Lipinski definition) is 0. The first-order chi connectivity index (χ1) is 11.8. The molecule has 1 aliphatic rings. The predicted molar refractivity (Wildman–Crippen MR) is 93.4 cm³/mol. The average molecular weight is 318 g/mol. The van der Waals surface area contributed by atoms with Crippen molar-refractivity contribution in [3.05, 3.63) is 83.4 Å². The second-order valence-corrected chi connectivity index (χ2v) is 5.69. The topological polar surface area (TPSA) is 27.7 Å². The Morgan fingerprint density at radius 1 is 0.667 bits per heavy atom. The largest absolute Gasteiger partial charge is 0.496 e. The van der Waals surface area contributed by atoms with Crippen LogP contribution >= 0.6 is 0 Å². The van der Waals surface area contributed by atoms with Gasteiger partial charge in [0.25, 0.3) is 0 Å². The first-order valence-corrected chi connectivity index (χ1v) is 7.90. The monoisotopic (exact) mass is 318 g/mol. The first-order valence-electron chi connectivity index (χ1n) is 7.90. The minimum atomic E-state index is -0.00255. The molecule has 0 unspecified atom stereocenters. The van der Waals surface area contributed by atoms with E-state index in [0.717, 1.165) is 34.1 Å². The maximum Gasteiger partial charge on any atom is 0.135 e. The second kappa shape index (κ2) is 5.93. The van der Waals surface area contributed by atoms with E-state index in [1.807, 2.05) is 42.5 Å². The Bertz CT molecular complexity index is 818.